The molecule has 0 aliphatic heterocycles. The predicted molar refractivity (Wildman–Crippen MR) is 172 cm³/mol. The molecule has 0 N–H and O–H groups in total. The maximum atomic E-state index is 11.0. The summed E-state index contributed by atoms with van der Waals surface area (Å²) in [5.74, 6) is -4.01. The van der Waals surface area contributed by atoms with Crippen LogP contribution in [0.1, 0.15) is 168 Å². The fraction of sp³-hybridized carbons (Fsp3) is 0.778. The van der Waals surface area contributed by atoms with Crippen LogP contribution in [0.15, 0.2) is 24.3 Å². The minimum absolute atomic E-state index is 0. The maximum Gasteiger partial charge on any atom is 2.00 e. The van der Waals surface area contributed by atoms with E-state index in [1.54, 1.807) is 0 Å². The summed E-state index contributed by atoms with van der Waals surface area (Å²) in [4.78, 5) is 42.3. The monoisotopic (exact) mass is 686 g/mol. The Morgan fingerprint density at radius 1 is 0.400 bits per heavy atom. The Balaban J connectivity index is -0.000000767. The molecular formula is C36H62O8Zn. The van der Waals surface area contributed by atoms with Crippen molar-refractivity contribution in [2.75, 3.05) is 13.2 Å². The summed E-state index contributed by atoms with van der Waals surface area (Å²) in [5.41, 5.74) is 0. The Bertz CT molecular complexity index is 689. The Hall–Kier alpha value is -2.02. The number of esters is 2. The Morgan fingerprint density at radius 3 is 0.844 bits per heavy atom. The zero-order chi connectivity index (χ0) is 32.9. The first-order valence-electron chi connectivity index (χ1n) is 17.4. The van der Waals surface area contributed by atoms with Crippen LogP contribution in [0.4, 0.5) is 0 Å². The molecule has 0 radical (unpaired) electrons. The van der Waals surface area contributed by atoms with E-state index in [0.29, 0.717) is 25.4 Å². The minimum Gasteiger partial charge on any atom is -0.545 e. The van der Waals surface area contributed by atoms with Gasteiger partial charge in [0.2, 0.25) is 0 Å². The van der Waals surface area contributed by atoms with Gasteiger partial charge in [-0.05, 0) is 25.0 Å². The van der Waals surface area contributed by atoms with Crippen molar-refractivity contribution in [2.24, 2.45) is 0 Å². The van der Waals surface area contributed by atoms with Gasteiger partial charge >= 0.3 is 31.4 Å². The SMILES string of the molecule is CCCCCCCCCCCCCCOC(=O)/C=C\C(=O)[O-].CCCCCCCCCCCCCCOC(=O)/C=C\C(=O)[O-].[Zn+2]. The van der Waals surface area contributed by atoms with Crippen LogP contribution in [0, 0.1) is 0 Å². The smallest absolute Gasteiger partial charge is 0.545 e. The summed E-state index contributed by atoms with van der Waals surface area (Å²) in [5, 5.41) is 20.2. The number of carboxylic acid groups (broad SMARTS) is 2. The molecule has 0 saturated carbocycles. The van der Waals surface area contributed by atoms with Crippen LogP contribution >= 0.6 is 0 Å². The maximum absolute atomic E-state index is 11.0. The first-order valence-corrected chi connectivity index (χ1v) is 17.4. The van der Waals surface area contributed by atoms with E-state index in [2.05, 4.69) is 13.8 Å². The molecule has 0 saturated heterocycles. The molecule has 9 heteroatoms. The van der Waals surface area contributed by atoms with Crippen LogP contribution in [-0.4, -0.2) is 37.1 Å². The Morgan fingerprint density at radius 2 is 0.622 bits per heavy atom. The van der Waals surface area contributed by atoms with E-state index < -0.39 is 23.9 Å². The van der Waals surface area contributed by atoms with Crippen molar-refractivity contribution in [1.82, 2.24) is 0 Å². The first-order chi connectivity index (χ1) is 21.3. The molecule has 256 valence electrons. The summed E-state index contributed by atoms with van der Waals surface area (Å²) in [6.07, 6.45) is 33.3. The zero-order valence-corrected chi connectivity index (χ0v) is 31.6. The second-order valence-corrected chi connectivity index (χ2v) is 11.4. The molecule has 0 fully saturated rings. The van der Waals surface area contributed by atoms with Crippen LogP contribution in [-0.2, 0) is 48.1 Å². The van der Waals surface area contributed by atoms with Gasteiger partial charge in [-0.2, -0.15) is 0 Å². The van der Waals surface area contributed by atoms with Crippen molar-refractivity contribution in [3.05, 3.63) is 24.3 Å². The van der Waals surface area contributed by atoms with Crippen LogP contribution in [0.2, 0.25) is 0 Å². The minimum atomic E-state index is -1.39. The molecule has 0 aliphatic rings. The van der Waals surface area contributed by atoms with Crippen molar-refractivity contribution in [1.29, 1.82) is 0 Å². The number of rotatable bonds is 30. The number of carboxylic acids is 2. The van der Waals surface area contributed by atoms with E-state index in [0.717, 1.165) is 37.8 Å². The summed E-state index contributed by atoms with van der Waals surface area (Å²) in [6, 6.07) is 0. The molecule has 0 aromatic carbocycles. The normalized spacial score (nSPS) is 10.7. The number of hydrogen-bond donors (Lipinski definition) is 0. The molecule has 0 unspecified atom stereocenters. The number of hydrogen-bond acceptors (Lipinski definition) is 8. The topological polar surface area (TPSA) is 133 Å². The fourth-order valence-corrected chi connectivity index (χ4v) is 4.60. The van der Waals surface area contributed by atoms with Crippen molar-refractivity contribution in [3.8, 4) is 0 Å². The van der Waals surface area contributed by atoms with Gasteiger partial charge < -0.3 is 29.3 Å². The predicted octanol–water partition coefficient (Wildman–Crippen LogP) is 7.07. The van der Waals surface area contributed by atoms with Crippen LogP contribution in [0.25, 0.3) is 0 Å². The Kier molecular flexibility index (Phi) is 42.1. The molecule has 8 nitrogen and oxygen atoms in total. The molecule has 0 amide bonds. The third-order valence-corrected chi connectivity index (χ3v) is 7.20. The van der Waals surface area contributed by atoms with Crippen molar-refractivity contribution in [3.63, 3.8) is 0 Å². The van der Waals surface area contributed by atoms with Gasteiger partial charge in [-0.1, -0.05) is 155 Å². The molecule has 0 aromatic heterocycles. The van der Waals surface area contributed by atoms with E-state index in [4.69, 9.17) is 9.47 Å². The second kappa shape index (κ2) is 40.0. The average molecular weight is 688 g/mol. The molecular weight excluding hydrogens is 626 g/mol. The summed E-state index contributed by atoms with van der Waals surface area (Å²) in [7, 11) is 0. The van der Waals surface area contributed by atoms with Crippen molar-refractivity contribution in [2.45, 2.75) is 168 Å². The Labute approximate surface area is 286 Å². The van der Waals surface area contributed by atoms with E-state index in [1.165, 1.54) is 128 Å². The average Bonchev–Trinajstić information content (AvgIpc) is 3.00. The van der Waals surface area contributed by atoms with Gasteiger partial charge in [-0.3, -0.25) is 0 Å². The first kappa shape index (κ1) is 47.4. The number of unbranched alkanes of at least 4 members (excludes halogenated alkanes) is 22. The van der Waals surface area contributed by atoms with Gasteiger partial charge in [-0.25, -0.2) is 9.59 Å². The number of carbonyl (C=O) groups excluding carboxylic acids is 4. The van der Waals surface area contributed by atoms with E-state index in [1.807, 2.05) is 0 Å². The second-order valence-electron chi connectivity index (χ2n) is 11.4. The van der Waals surface area contributed by atoms with Gasteiger partial charge in [0, 0.05) is 12.2 Å². The number of aliphatic carboxylic acids is 2. The number of ether oxygens (including phenoxy) is 2. The molecule has 0 aromatic rings. The third kappa shape index (κ3) is 46.5. The number of carbonyl (C=O) groups is 4. The zero-order valence-electron chi connectivity index (χ0n) is 28.7. The van der Waals surface area contributed by atoms with Gasteiger partial charge in [0.15, 0.2) is 0 Å². The fourth-order valence-electron chi connectivity index (χ4n) is 4.60. The van der Waals surface area contributed by atoms with Gasteiger partial charge in [0.1, 0.15) is 0 Å². The summed E-state index contributed by atoms with van der Waals surface area (Å²) >= 11 is 0. The van der Waals surface area contributed by atoms with Gasteiger partial charge in [-0.15, -0.1) is 0 Å². The third-order valence-electron chi connectivity index (χ3n) is 7.20. The molecule has 0 heterocycles. The van der Waals surface area contributed by atoms with E-state index >= 15 is 0 Å². The molecule has 45 heavy (non-hydrogen) atoms. The van der Waals surface area contributed by atoms with E-state index in [9.17, 15) is 29.4 Å². The van der Waals surface area contributed by atoms with Crippen LogP contribution in [0.3, 0.4) is 0 Å². The molecule has 0 aliphatic carbocycles. The van der Waals surface area contributed by atoms with Crippen molar-refractivity contribution < 1.29 is 58.3 Å². The van der Waals surface area contributed by atoms with Gasteiger partial charge in [0.25, 0.3) is 0 Å². The molecule has 0 spiro atoms. The quantitative estimate of drug-likeness (QED) is 0.0339. The molecule has 0 bridgehead atoms. The van der Waals surface area contributed by atoms with Crippen LogP contribution < -0.4 is 10.2 Å². The van der Waals surface area contributed by atoms with Crippen molar-refractivity contribution >= 4 is 23.9 Å². The van der Waals surface area contributed by atoms with E-state index in [-0.39, 0.29) is 19.5 Å². The summed E-state index contributed by atoms with van der Waals surface area (Å²) < 4.78 is 9.73. The molecule has 0 rings (SSSR count). The van der Waals surface area contributed by atoms with Gasteiger partial charge in [0.05, 0.1) is 25.2 Å². The summed E-state index contributed by atoms with van der Waals surface area (Å²) in [6.45, 7) is 5.19. The standard InChI is InChI=1S/2C18H32O4.Zn/c2*1-2-3-4-5-6-7-8-9-10-11-12-13-16-22-18(21)15-14-17(19)20;/h2*14-15H,2-13,16H2,1H3,(H,19,20);/q;;+2/p-2/b2*15-14-;. The van der Waals surface area contributed by atoms with Crippen LogP contribution in [0.5, 0.6) is 0 Å². The molecule has 0 atom stereocenters. The largest absolute Gasteiger partial charge is 2.00 e.